The Bertz CT molecular complexity index is 2370. The van der Waals surface area contributed by atoms with Crippen LogP contribution in [0.2, 0.25) is 0 Å². The smallest absolute Gasteiger partial charge is 0.339 e. The maximum atomic E-state index is 13.8. The Morgan fingerprint density at radius 1 is 0.462 bits per heavy atom. The Hall–Kier alpha value is -5.69. The zero-order valence-electron chi connectivity index (χ0n) is 40.2. The van der Waals surface area contributed by atoms with Gasteiger partial charge in [0.2, 0.25) is 0 Å². The van der Waals surface area contributed by atoms with Crippen LogP contribution in [0.1, 0.15) is 122 Å². The fraction of sp³-hybridized carbons (Fsp3) is 0.370. The van der Waals surface area contributed by atoms with E-state index in [1.807, 2.05) is 132 Å². The van der Waals surface area contributed by atoms with E-state index in [-0.39, 0.29) is 24.9 Å². The lowest BCUT2D eigenvalue weighted by atomic mass is 9.99. The van der Waals surface area contributed by atoms with E-state index >= 15 is 0 Å². The molecular weight excluding hydrogens is 932 g/mol. The van der Waals surface area contributed by atoms with Crippen molar-refractivity contribution in [3.8, 4) is 11.5 Å². The minimum absolute atomic E-state index is 0.00436. The number of hydrogen-bond acceptors (Lipinski definition) is 8. The van der Waals surface area contributed by atoms with Crippen LogP contribution in [0.15, 0.2) is 66.7 Å². The van der Waals surface area contributed by atoms with E-state index in [9.17, 15) is 19.2 Å². The molecule has 10 nitrogen and oxygen atoms in total. The topological polar surface area (TPSA) is 129 Å². The van der Waals surface area contributed by atoms with Gasteiger partial charge in [-0.15, -0.1) is 0 Å². The number of aryl methyl sites for hydroxylation is 12. The first kappa shape index (κ1) is 50.3. The maximum Gasteiger partial charge on any atom is 0.339 e. The van der Waals surface area contributed by atoms with Gasteiger partial charge in [-0.3, -0.25) is 9.59 Å². The molecule has 0 heterocycles. The Kier molecular flexibility index (Phi) is 16.7. The van der Waals surface area contributed by atoms with Crippen molar-refractivity contribution in [3.63, 3.8) is 0 Å². The van der Waals surface area contributed by atoms with Gasteiger partial charge in [-0.2, -0.15) is 0 Å². The number of amides is 2. The van der Waals surface area contributed by atoms with Crippen LogP contribution in [0, 0.1) is 86.7 Å². The molecule has 344 valence electrons. The van der Waals surface area contributed by atoms with Gasteiger partial charge in [0, 0.05) is 11.1 Å². The summed E-state index contributed by atoms with van der Waals surface area (Å²) in [5.74, 6) is -0.733. The number of benzene rings is 5. The third-order valence-corrected chi connectivity index (χ3v) is 12.7. The second kappa shape index (κ2) is 21.5. The third-order valence-electron chi connectivity index (χ3n) is 11.6. The second-order valence-electron chi connectivity index (χ2n) is 17.6. The average Bonchev–Trinajstić information content (AvgIpc) is 3.17. The van der Waals surface area contributed by atoms with Gasteiger partial charge in [-0.1, -0.05) is 76.9 Å². The van der Waals surface area contributed by atoms with E-state index in [4.69, 9.17) is 18.9 Å². The minimum atomic E-state index is -0.847. The van der Waals surface area contributed by atoms with Gasteiger partial charge in [0.15, 0.2) is 12.2 Å². The molecule has 0 bridgehead atoms. The van der Waals surface area contributed by atoms with E-state index in [2.05, 4.69) is 33.2 Å². The van der Waals surface area contributed by atoms with Crippen LogP contribution >= 0.6 is 22.6 Å². The molecule has 5 aromatic rings. The highest BCUT2D eigenvalue weighted by molar-refractivity contribution is 14.1. The van der Waals surface area contributed by atoms with Crippen molar-refractivity contribution < 1.29 is 38.1 Å². The summed E-state index contributed by atoms with van der Waals surface area (Å²) in [6.45, 7) is 26.6. The molecule has 5 rings (SSSR count). The SMILES string of the molecule is Cc1cc(C)c(C(=O)NC[C@@H](Oc2cccc(O[C@H](CNC(=O)c3c(C)cc(C)cc3C)[C@H](C)OC(=O)c3c(C)cc(C)cc3C)c2I)[C@H](C)OC(=O)c2c(C)cc(C)cc2C)c(C)c1. The highest BCUT2D eigenvalue weighted by Gasteiger charge is 2.30. The molecule has 5 aromatic carbocycles. The lowest BCUT2D eigenvalue weighted by molar-refractivity contribution is -0.00345. The molecule has 11 heteroatoms. The van der Waals surface area contributed by atoms with Crippen molar-refractivity contribution in [3.05, 3.63) is 159 Å². The van der Waals surface area contributed by atoms with E-state index < -0.39 is 36.4 Å². The number of carbonyl (C=O) groups excluding carboxylic acids is 4. The van der Waals surface area contributed by atoms with E-state index in [0.29, 0.717) is 37.3 Å². The van der Waals surface area contributed by atoms with Crippen molar-refractivity contribution in [2.24, 2.45) is 0 Å². The summed E-state index contributed by atoms with van der Waals surface area (Å²) < 4.78 is 26.2. The molecule has 0 aromatic heterocycles. The molecule has 0 saturated heterocycles. The van der Waals surface area contributed by atoms with Gasteiger partial charge in [-0.25, -0.2) is 9.59 Å². The number of rotatable bonds is 16. The summed E-state index contributed by atoms with van der Waals surface area (Å²) in [7, 11) is 0. The molecular formula is C54H63IN2O8. The van der Waals surface area contributed by atoms with Crippen LogP contribution in [0.3, 0.4) is 0 Å². The summed E-state index contributed by atoms with van der Waals surface area (Å²) in [4.78, 5) is 55.1. The van der Waals surface area contributed by atoms with Crippen molar-refractivity contribution in [2.45, 2.75) is 121 Å². The average molecular weight is 995 g/mol. The molecule has 4 atom stereocenters. The summed E-state index contributed by atoms with van der Waals surface area (Å²) in [6, 6.07) is 21.0. The molecule has 0 unspecified atom stereocenters. The Morgan fingerprint density at radius 3 is 1.00 bits per heavy atom. The second-order valence-corrected chi connectivity index (χ2v) is 18.7. The molecule has 0 aliphatic rings. The molecule has 65 heavy (non-hydrogen) atoms. The van der Waals surface area contributed by atoms with Gasteiger partial charge in [0.25, 0.3) is 11.8 Å². The number of nitrogens with one attached hydrogen (secondary N) is 2. The first-order valence-electron chi connectivity index (χ1n) is 22.0. The molecule has 0 saturated carbocycles. The summed E-state index contributed by atoms with van der Waals surface area (Å²) in [5, 5.41) is 6.08. The normalized spacial score (nSPS) is 13.0. The predicted molar refractivity (Wildman–Crippen MR) is 265 cm³/mol. The molecule has 0 spiro atoms. The molecule has 2 amide bonds. The monoisotopic (exact) mass is 994 g/mol. The van der Waals surface area contributed by atoms with E-state index in [1.54, 1.807) is 32.0 Å². The summed E-state index contributed by atoms with van der Waals surface area (Å²) in [5.41, 5.74) is 12.9. The molecule has 0 radical (unpaired) electrons. The fourth-order valence-corrected chi connectivity index (χ4v) is 9.47. The van der Waals surface area contributed by atoms with E-state index in [1.165, 1.54) is 0 Å². The largest absolute Gasteiger partial charge is 0.483 e. The lowest BCUT2D eigenvalue weighted by Crippen LogP contribution is -2.44. The summed E-state index contributed by atoms with van der Waals surface area (Å²) >= 11 is 2.13. The van der Waals surface area contributed by atoms with Crippen LogP contribution < -0.4 is 20.1 Å². The highest BCUT2D eigenvalue weighted by Crippen LogP contribution is 2.33. The van der Waals surface area contributed by atoms with Crippen molar-refractivity contribution in [1.29, 1.82) is 0 Å². The van der Waals surface area contributed by atoms with Crippen molar-refractivity contribution in [1.82, 2.24) is 10.6 Å². The number of ether oxygens (including phenoxy) is 4. The van der Waals surface area contributed by atoms with Crippen LogP contribution in [-0.4, -0.2) is 61.3 Å². The predicted octanol–water partition coefficient (Wildman–Crippen LogP) is 10.8. The van der Waals surface area contributed by atoms with Crippen LogP contribution in [0.25, 0.3) is 0 Å². The van der Waals surface area contributed by atoms with Gasteiger partial charge in [0.05, 0.1) is 27.8 Å². The zero-order valence-corrected chi connectivity index (χ0v) is 42.4. The molecule has 0 fully saturated rings. The van der Waals surface area contributed by atoms with Crippen molar-refractivity contribution in [2.75, 3.05) is 13.1 Å². The van der Waals surface area contributed by atoms with Gasteiger partial charge in [-0.05, 0) is 176 Å². The first-order chi connectivity index (χ1) is 30.6. The quantitative estimate of drug-likeness (QED) is 0.0739. The summed E-state index contributed by atoms with van der Waals surface area (Å²) in [6.07, 6.45) is -3.34. The first-order valence-corrected chi connectivity index (χ1v) is 23.1. The standard InChI is InChI=1S/C54H63IN2O8/c1-28-18-32(5)46(33(6)19-28)51(58)56-26-44(40(13)62-53(60)48-36(9)22-30(3)23-37(48)10)64-42-16-15-17-43(50(42)55)65-45(27-57-52(59)47-34(7)20-29(2)21-35(47)8)41(14)63-54(61)49-38(11)24-31(4)25-39(49)12/h15-25,40-41,44-45H,26-27H2,1-14H3,(H,56,58)(H,57,59)/t40-,41-,44+,45+/m0/s1. The number of esters is 2. The number of halogens is 1. The Labute approximate surface area is 398 Å². The number of carbonyl (C=O) groups is 4. The van der Waals surface area contributed by atoms with Crippen LogP contribution in [0.5, 0.6) is 11.5 Å². The van der Waals surface area contributed by atoms with Gasteiger partial charge in [0.1, 0.15) is 23.7 Å². The molecule has 2 N–H and O–H groups in total. The fourth-order valence-electron chi connectivity index (χ4n) is 8.86. The number of hydrogen-bond donors (Lipinski definition) is 2. The van der Waals surface area contributed by atoms with Gasteiger partial charge < -0.3 is 29.6 Å². The van der Waals surface area contributed by atoms with Crippen molar-refractivity contribution >= 4 is 46.3 Å². The van der Waals surface area contributed by atoms with Gasteiger partial charge >= 0.3 is 11.9 Å². The Morgan fingerprint density at radius 2 is 0.723 bits per heavy atom. The molecule has 0 aliphatic carbocycles. The zero-order chi connectivity index (χ0) is 48.0. The Balaban J connectivity index is 1.46. The van der Waals surface area contributed by atoms with Crippen LogP contribution in [0.4, 0.5) is 0 Å². The van der Waals surface area contributed by atoms with Crippen LogP contribution in [-0.2, 0) is 9.47 Å². The lowest BCUT2D eigenvalue weighted by Gasteiger charge is -2.29. The maximum absolute atomic E-state index is 13.8. The highest BCUT2D eigenvalue weighted by atomic mass is 127. The third kappa shape index (κ3) is 12.4. The minimum Gasteiger partial charge on any atom is -0.483 e. The molecule has 0 aliphatic heterocycles. The van der Waals surface area contributed by atoms with E-state index in [0.717, 1.165) is 66.8 Å².